The molecule has 7 heteroatoms. The summed E-state index contributed by atoms with van der Waals surface area (Å²) in [5, 5.41) is 2.61. The van der Waals surface area contributed by atoms with Gasteiger partial charge in [-0.2, -0.15) is 13.2 Å². The maximum absolute atomic E-state index is 12.8. The van der Waals surface area contributed by atoms with Crippen LogP contribution < -0.4 is 5.32 Å². The Balaban J connectivity index is 1.83. The number of piperidine rings is 1. The predicted octanol–water partition coefficient (Wildman–Crippen LogP) is 3.40. The molecule has 1 atom stereocenters. The smallest absolute Gasteiger partial charge is 0.356 e. The Morgan fingerprint density at radius 3 is 2.77 bits per heavy atom. The van der Waals surface area contributed by atoms with Gasteiger partial charge in [-0.25, -0.2) is 0 Å². The Hall–Kier alpha value is -2.05. The zero-order chi connectivity index (χ0) is 19.2. The predicted molar refractivity (Wildman–Crippen MR) is 92.4 cm³/mol. The van der Waals surface area contributed by atoms with Crippen molar-refractivity contribution in [2.24, 2.45) is 5.92 Å². The van der Waals surface area contributed by atoms with Gasteiger partial charge in [-0.3, -0.25) is 9.59 Å². The van der Waals surface area contributed by atoms with Crippen LogP contribution in [-0.4, -0.2) is 36.3 Å². The molecular weight excluding hydrogens is 345 g/mol. The molecule has 1 aromatic carbocycles. The summed E-state index contributed by atoms with van der Waals surface area (Å²) in [5.41, 5.74) is 0.0577. The highest BCUT2D eigenvalue weighted by Crippen LogP contribution is 2.30. The number of nitrogens with zero attached hydrogens (tertiary/aromatic N) is 1. The Bertz CT molecular complexity index is 631. The maximum atomic E-state index is 12.8. The first-order valence-electron chi connectivity index (χ1n) is 8.94. The molecule has 1 aliphatic rings. The fraction of sp³-hybridized carbons (Fsp3) is 0.579. The van der Waals surface area contributed by atoms with E-state index < -0.39 is 11.7 Å². The lowest BCUT2D eigenvalue weighted by Gasteiger charge is -2.33. The number of nitrogens with one attached hydrogen (secondary N) is 1. The van der Waals surface area contributed by atoms with E-state index in [1.165, 1.54) is 19.1 Å². The number of carbonyl (C=O) groups is 2. The first-order chi connectivity index (χ1) is 12.3. The zero-order valence-electron chi connectivity index (χ0n) is 14.9. The molecular formula is C19H25F3N2O2. The molecule has 0 aromatic heterocycles. The van der Waals surface area contributed by atoms with Gasteiger partial charge in [-0.15, -0.1) is 0 Å². The van der Waals surface area contributed by atoms with E-state index in [1.807, 2.05) is 4.90 Å². The van der Waals surface area contributed by atoms with Crippen molar-refractivity contribution >= 4 is 11.8 Å². The third-order valence-electron chi connectivity index (χ3n) is 4.68. The summed E-state index contributed by atoms with van der Waals surface area (Å²) in [6.45, 7) is 3.09. The topological polar surface area (TPSA) is 49.4 Å². The number of benzene rings is 1. The fourth-order valence-electron chi connectivity index (χ4n) is 3.30. The molecule has 4 nitrogen and oxygen atoms in total. The van der Waals surface area contributed by atoms with E-state index in [0.29, 0.717) is 37.5 Å². The number of alkyl halides is 3. The molecule has 1 fully saturated rings. The third kappa shape index (κ3) is 6.35. The van der Waals surface area contributed by atoms with Crippen LogP contribution in [0.25, 0.3) is 0 Å². The number of hydrogen-bond acceptors (Lipinski definition) is 2. The van der Waals surface area contributed by atoms with E-state index in [0.717, 1.165) is 25.3 Å². The molecule has 1 N–H and O–H groups in total. The molecule has 0 bridgehead atoms. The molecule has 26 heavy (non-hydrogen) atoms. The Morgan fingerprint density at radius 2 is 2.08 bits per heavy atom. The van der Waals surface area contributed by atoms with Crippen molar-refractivity contribution < 1.29 is 22.8 Å². The Labute approximate surface area is 151 Å². The Kier molecular flexibility index (Phi) is 7.06. The van der Waals surface area contributed by atoms with Crippen LogP contribution in [0.5, 0.6) is 0 Å². The number of likely N-dealkylation sites (tertiary alicyclic amines) is 1. The number of carbonyl (C=O) groups excluding carboxylic acids is 2. The van der Waals surface area contributed by atoms with Crippen LogP contribution >= 0.6 is 0 Å². The van der Waals surface area contributed by atoms with Crippen molar-refractivity contribution in [1.82, 2.24) is 10.2 Å². The lowest BCUT2D eigenvalue weighted by atomic mass is 9.91. The number of rotatable bonds is 6. The zero-order valence-corrected chi connectivity index (χ0v) is 14.9. The van der Waals surface area contributed by atoms with Gasteiger partial charge in [0.1, 0.15) is 0 Å². The third-order valence-corrected chi connectivity index (χ3v) is 4.68. The molecule has 1 aliphatic heterocycles. The van der Waals surface area contributed by atoms with E-state index in [1.54, 1.807) is 6.07 Å². The summed E-state index contributed by atoms with van der Waals surface area (Å²) in [7, 11) is 0. The number of halogens is 3. The van der Waals surface area contributed by atoms with Crippen molar-refractivity contribution in [2.45, 2.75) is 45.2 Å². The molecule has 0 spiro atoms. The van der Waals surface area contributed by atoms with E-state index in [-0.39, 0.29) is 18.2 Å². The van der Waals surface area contributed by atoms with Crippen LogP contribution in [0.1, 0.15) is 43.7 Å². The standard InChI is InChI=1S/C19H25F3N2O2/c1-14(25)23-10-9-18(26)24-11-3-5-16(13-24)8-7-15-4-2-6-17(12-15)19(20,21)22/h2,4,6,12,16H,3,5,7-11,13H2,1H3,(H,23,25)/t16-/m1/s1. The van der Waals surface area contributed by atoms with Crippen LogP contribution in [0, 0.1) is 5.92 Å². The number of aryl methyl sites for hydroxylation is 1. The van der Waals surface area contributed by atoms with Gasteiger partial charge in [-0.1, -0.05) is 18.2 Å². The van der Waals surface area contributed by atoms with Crippen LogP contribution in [0.4, 0.5) is 13.2 Å². The van der Waals surface area contributed by atoms with Crippen molar-refractivity contribution in [3.8, 4) is 0 Å². The van der Waals surface area contributed by atoms with E-state index >= 15 is 0 Å². The highest BCUT2D eigenvalue weighted by Gasteiger charge is 2.30. The Morgan fingerprint density at radius 1 is 1.31 bits per heavy atom. The monoisotopic (exact) mass is 370 g/mol. The molecule has 2 amide bonds. The second-order valence-corrected chi connectivity index (χ2v) is 6.82. The van der Waals surface area contributed by atoms with Crippen LogP contribution in [0.3, 0.4) is 0 Å². The van der Waals surface area contributed by atoms with E-state index in [4.69, 9.17) is 0 Å². The first-order valence-corrected chi connectivity index (χ1v) is 8.94. The highest BCUT2D eigenvalue weighted by atomic mass is 19.4. The van der Waals surface area contributed by atoms with Gasteiger partial charge in [0, 0.05) is 33.0 Å². The van der Waals surface area contributed by atoms with Crippen molar-refractivity contribution in [3.63, 3.8) is 0 Å². The van der Waals surface area contributed by atoms with E-state index in [2.05, 4.69) is 5.32 Å². The normalized spacial score (nSPS) is 17.8. The first kappa shape index (κ1) is 20.3. The molecule has 1 saturated heterocycles. The summed E-state index contributed by atoms with van der Waals surface area (Å²) in [6, 6.07) is 5.45. The van der Waals surface area contributed by atoms with Crippen molar-refractivity contribution in [3.05, 3.63) is 35.4 Å². The average Bonchev–Trinajstić information content (AvgIpc) is 2.59. The molecule has 0 saturated carbocycles. The summed E-state index contributed by atoms with van der Waals surface area (Å²) >= 11 is 0. The van der Waals surface area contributed by atoms with Gasteiger partial charge in [0.2, 0.25) is 11.8 Å². The van der Waals surface area contributed by atoms with Crippen LogP contribution in [0.15, 0.2) is 24.3 Å². The number of amides is 2. The van der Waals surface area contributed by atoms with Gasteiger partial charge < -0.3 is 10.2 Å². The average molecular weight is 370 g/mol. The lowest BCUT2D eigenvalue weighted by Crippen LogP contribution is -2.41. The van der Waals surface area contributed by atoms with E-state index in [9.17, 15) is 22.8 Å². The molecule has 1 heterocycles. The van der Waals surface area contributed by atoms with Gasteiger partial charge >= 0.3 is 6.18 Å². The number of hydrogen-bond donors (Lipinski definition) is 1. The van der Waals surface area contributed by atoms with Crippen molar-refractivity contribution in [2.75, 3.05) is 19.6 Å². The summed E-state index contributed by atoms with van der Waals surface area (Å²) in [5.74, 6) is 0.154. The second kappa shape index (κ2) is 9.05. The molecule has 1 aromatic rings. The second-order valence-electron chi connectivity index (χ2n) is 6.82. The molecule has 2 rings (SSSR count). The minimum Gasteiger partial charge on any atom is -0.356 e. The molecule has 0 radical (unpaired) electrons. The largest absolute Gasteiger partial charge is 0.416 e. The SMILES string of the molecule is CC(=O)NCCC(=O)N1CCC[C@H](CCc2cccc(C(F)(F)F)c2)C1. The van der Waals surface area contributed by atoms with Gasteiger partial charge in [-0.05, 0) is 43.2 Å². The van der Waals surface area contributed by atoms with Crippen molar-refractivity contribution in [1.29, 1.82) is 0 Å². The minimum atomic E-state index is -4.32. The highest BCUT2D eigenvalue weighted by molar-refractivity contribution is 5.78. The fourth-order valence-corrected chi connectivity index (χ4v) is 3.30. The quantitative estimate of drug-likeness (QED) is 0.834. The molecule has 0 unspecified atom stereocenters. The lowest BCUT2D eigenvalue weighted by molar-refractivity contribution is -0.137. The minimum absolute atomic E-state index is 0.0162. The molecule has 144 valence electrons. The van der Waals surface area contributed by atoms with Gasteiger partial charge in [0.15, 0.2) is 0 Å². The maximum Gasteiger partial charge on any atom is 0.416 e. The van der Waals surface area contributed by atoms with Crippen LogP contribution in [0.2, 0.25) is 0 Å². The summed E-state index contributed by atoms with van der Waals surface area (Å²) < 4.78 is 38.4. The van der Waals surface area contributed by atoms with Gasteiger partial charge in [0.05, 0.1) is 5.56 Å². The summed E-state index contributed by atoms with van der Waals surface area (Å²) in [4.78, 5) is 24.9. The van der Waals surface area contributed by atoms with Gasteiger partial charge in [0.25, 0.3) is 0 Å². The molecule has 0 aliphatic carbocycles. The van der Waals surface area contributed by atoms with Crippen LogP contribution in [-0.2, 0) is 22.2 Å². The summed E-state index contributed by atoms with van der Waals surface area (Å²) in [6.07, 6.45) is -0.829.